The fourth-order valence-electron chi connectivity index (χ4n) is 2.04. The Morgan fingerprint density at radius 3 is 2.50 bits per heavy atom. The molecule has 0 heterocycles. The number of ether oxygens (including phenoxy) is 2. The molecule has 2 N–H and O–H groups in total. The molecule has 0 saturated heterocycles. The van der Waals surface area contributed by atoms with Gasteiger partial charge >= 0.3 is 0 Å². The first-order chi connectivity index (χ1) is 11.3. The van der Waals surface area contributed by atoms with E-state index in [0.717, 1.165) is 32.1 Å². The Morgan fingerprint density at radius 1 is 1.08 bits per heavy atom. The lowest BCUT2D eigenvalue weighted by atomic mass is 10.1. The summed E-state index contributed by atoms with van der Waals surface area (Å²) < 4.78 is 11.0. The van der Waals surface area contributed by atoms with Crippen LogP contribution in [0.15, 0.2) is 29.3 Å². The number of aliphatic imine (C=N–C) groups is 1. The van der Waals surface area contributed by atoms with Crippen LogP contribution in [0.25, 0.3) is 0 Å². The standard InChI is InChI=1S/C18H31N3O2.HI/c1-4-5-10-22-12-13-23-11-9-20-18(19-3)21-15-17-8-6-7-16(2)14-17;/h6-8,14H,4-5,9-13,15H2,1-3H3,(H2,19,20,21);1H. The molecule has 0 aliphatic heterocycles. The van der Waals surface area contributed by atoms with Gasteiger partial charge in [-0.3, -0.25) is 4.99 Å². The molecule has 0 fully saturated rings. The molecule has 0 atom stereocenters. The van der Waals surface area contributed by atoms with Crippen LogP contribution in [0, 0.1) is 6.92 Å². The molecule has 6 heteroatoms. The largest absolute Gasteiger partial charge is 0.379 e. The van der Waals surface area contributed by atoms with Crippen LogP contribution >= 0.6 is 24.0 Å². The number of halogens is 1. The van der Waals surface area contributed by atoms with Gasteiger partial charge in [0.2, 0.25) is 0 Å². The highest BCUT2D eigenvalue weighted by atomic mass is 127. The Balaban J connectivity index is 0.00000529. The fraction of sp³-hybridized carbons (Fsp3) is 0.611. The van der Waals surface area contributed by atoms with Crippen molar-refractivity contribution in [3.8, 4) is 0 Å². The highest BCUT2D eigenvalue weighted by Gasteiger charge is 1.98. The first-order valence-corrected chi connectivity index (χ1v) is 8.41. The van der Waals surface area contributed by atoms with Gasteiger partial charge in [0.05, 0.1) is 19.8 Å². The predicted molar refractivity (Wildman–Crippen MR) is 111 cm³/mol. The monoisotopic (exact) mass is 449 g/mol. The summed E-state index contributed by atoms with van der Waals surface area (Å²) >= 11 is 0. The summed E-state index contributed by atoms with van der Waals surface area (Å²) in [6, 6.07) is 8.44. The molecule has 24 heavy (non-hydrogen) atoms. The number of aryl methyl sites for hydroxylation is 1. The second kappa shape index (κ2) is 15.7. The summed E-state index contributed by atoms with van der Waals surface area (Å²) in [7, 11) is 1.77. The van der Waals surface area contributed by atoms with Crippen LogP contribution in [0.1, 0.15) is 30.9 Å². The lowest BCUT2D eigenvalue weighted by Crippen LogP contribution is -2.38. The quantitative estimate of drug-likeness (QED) is 0.236. The average Bonchev–Trinajstić information content (AvgIpc) is 2.56. The van der Waals surface area contributed by atoms with Crippen molar-refractivity contribution in [3.63, 3.8) is 0 Å². The van der Waals surface area contributed by atoms with E-state index in [1.165, 1.54) is 17.5 Å². The van der Waals surface area contributed by atoms with Gasteiger partial charge in [-0.2, -0.15) is 0 Å². The second-order valence-electron chi connectivity index (χ2n) is 5.42. The van der Waals surface area contributed by atoms with Crippen molar-refractivity contribution in [2.45, 2.75) is 33.2 Å². The molecule has 138 valence electrons. The second-order valence-corrected chi connectivity index (χ2v) is 5.42. The molecule has 0 unspecified atom stereocenters. The number of hydrogen-bond donors (Lipinski definition) is 2. The molecule has 0 amide bonds. The maximum atomic E-state index is 5.52. The smallest absolute Gasteiger partial charge is 0.191 e. The maximum Gasteiger partial charge on any atom is 0.191 e. The summed E-state index contributed by atoms with van der Waals surface area (Å²) in [5.74, 6) is 0.786. The van der Waals surface area contributed by atoms with Crippen LogP contribution < -0.4 is 10.6 Å². The number of unbranched alkanes of at least 4 members (excludes halogenated alkanes) is 1. The lowest BCUT2D eigenvalue weighted by molar-refractivity contribution is 0.0487. The van der Waals surface area contributed by atoms with Gasteiger partial charge in [0.1, 0.15) is 0 Å². The molecule has 0 bridgehead atoms. The Hall–Kier alpha value is -0.860. The number of nitrogens with zero attached hydrogens (tertiary/aromatic N) is 1. The zero-order valence-corrected chi connectivity index (χ0v) is 17.5. The van der Waals surface area contributed by atoms with Crippen LogP contribution in [0.5, 0.6) is 0 Å². The number of benzene rings is 1. The minimum absolute atomic E-state index is 0. The third-order valence-electron chi connectivity index (χ3n) is 3.32. The molecule has 0 radical (unpaired) electrons. The van der Waals surface area contributed by atoms with Crippen molar-refractivity contribution in [2.24, 2.45) is 4.99 Å². The van der Waals surface area contributed by atoms with Gasteiger partial charge in [-0.15, -0.1) is 24.0 Å². The summed E-state index contributed by atoms with van der Waals surface area (Å²) in [5.41, 5.74) is 2.51. The van der Waals surface area contributed by atoms with Crippen molar-refractivity contribution in [3.05, 3.63) is 35.4 Å². The van der Waals surface area contributed by atoms with Gasteiger partial charge in [-0.05, 0) is 18.9 Å². The van der Waals surface area contributed by atoms with E-state index in [-0.39, 0.29) is 24.0 Å². The van der Waals surface area contributed by atoms with Crippen molar-refractivity contribution in [2.75, 3.05) is 40.0 Å². The Kier molecular flexibility index (Phi) is 15.1. The zero-order valence-electron chi connectivity index (χ0n) is 15.1. The third-order valence-corrected chi connectivity index (χ3v) is 3.32. The van der Waals surface area contributed by atoms with Crippen LogP contribution in [-0.2, 0) is 16.0 Å². The molecule has 0 aliphatic rings. The fourth-order valence-corrected chi connectivity index (χ4v) is 2.04. The van der Waals surface area contributed by atoms with E-state index in [2.05, 4.69) is 53.7 Å². The van der Waals surface area contributed by atoms with Gasteiger partial charge in [0.25, 0.3) is 0 Å². The SMILES string of the molecule is CCCCOCCOCCNC(=NC)NCc1cccc(C)c1.I. The van der Waals surface area contributed by atoms with E-state index in [1.54, 1.807) is 7.05 Å². The van der Waals surface area contributed by atoms with Crippen molar-refractivity contribution < 1.29 is 9.47 Å². The number of nitrogens with one attached hydrogen (secondary N) is 2. The average molecular weight is 449 g/mol. The summed E-state index contributed by atoms with van der Waals surface area (Å²) in [4.78, 5) is 4.21. The van der Waals surface area contributed by atoms with E-state index in [0.29, 0.717) is 19.8 Å². The zero-order chi connectivity index (χ0) is 16.8. The van der Waals surface area contributed by atoms with Crippen molar-refractivity contribution in [1.29, 1.82) is 0 Å². The molecule has 0 saturated carbocycles. The normalized spacial score (nSPS) is 11.0. The highest BCUT2D eigenvalue weighted by Crippen LogP contribution is 2.02. The van der Waals surface area contributed by atoms with Crippen LogP contribution in [0.3, 0.4) is 0 Å². The summed E-state index contributed by atoms with van der Waals surface area (Å²) in [6.45, 7) is 8.51. The van der Waals surface area contributed by atoms with Gasteiger partial charge < -0.3 is 20.1 Å². The third kappa shape index (κ3) is 11.6. The minimum atomic E-state index is 0. The molecule has 0 spiro atoms. The van der Waals surface area contributed by atoms with Crippen molar-refractivity contribution >= 4 is 29.9 Å². The van der Waals surface area contributed by atoms with Gasteiger partial charge in [0, 0.05) is 26.7 Å². The van der Waals surface area contributed by atoms with Crippen molar-refractivity contribution in [1.82, 2.24) is 10.6 Å². The van der Waals surface area contributed by atoms with E-state index >= 15 is 0 Å². The topological polar surface area (TPSA) is 54.9 Å². The van der Waals surface area contributed by atoms with Gasteiger partial charge in [-0.1, -0.05) is 43.2 Å². The number of hydrogen-bond acceptors (Lipinski definition) is 3. The Labute approximate surface area is 163 Å². The minimum Gasteiger partial charge on any atom is -0.379 e. The molecule has 0 aliphatic carbocycles. The molecule has 0 aromatic heterocycles. The molecule has 1 aromatic carbocycles. The van der Waals surface area contributed by atoms with Gasteiger partial charge in [0.15, 0.2) is 5.96 Å². The van der Waals surface area contributed by atoms with Crippen LogP contribution in [0.4, 0.5) is 0 Å². The van der Waals surface area contributed by atoms with Crippen LogP contribution in [-0.4, -0.2) is 46.0 Å². The molecular formula is C18H32IN3O2. The molecular weight excluding hydrogens is 417 g/mol. The number of rotatable bonds is 11. The lowest BCUT2D eigenvalue weighted by Gasteiger charge is -2.12. The highest BCUT2D eigenvalue weighted by molar-refractivity contribution is 14.0. The van der Waals surface area contributed by atoms with E-state index in [4.69, 9.17) is 9.47 Å². The first kappa shape index (κ1) is 23.1. The van der Waals surface area contributed by atoms with Gasteiger partial charge in [-0.25, -0.2) is 0 Å². The summed E-state index contributed by atoms with van der Waals surface area (Å²) in [5, 5.41) is 6.54. The molecule has 5 nitrogen and oxygen atoms in total. The Bertz CT molecular complexity index is 456. The van der Waals surface area contributed by atoms with Crippen LogP contribution in [0.2, 0.25) is 0 Å². The number of guanidine groups is 1. The molecule has 1 rings (SSSR count). The van der Waals surface area contributed by atoms with E-state index in [9.17, 15) is 0 Å². The first-order valence-electron chi connectivity index (χ1n) is 8.41. The maximum absolute atomic E-state index is 5.52. The Morgan fingerprint density at radius 2 is 1.83 bits per heavy atom. The molecule has 1 aromatic rings. The van der Waals surface area contributed by atoms with E-state index in [1.807, 2.05) is 0 Å². The predicted octanol–water partition coefficient (Wildman–Crippen LogP) is 3.11. The van der Waals surface area contributed by atoms with E-state index < -0.39 is 0 Å². The summed E-state index contributed by atoms with van der Waals surface area (Å²) in [6.07, 6.45) is 2.28.